The van der Waals surface area contributed by atoms with E-state index in [1.165, 1.54) is 0 Å². The van der Waals surface area contributed by atoms with Crippen LogP contribution in [0.4, 0.5) is 0 Å². The molecule has 0 bridgehead atoms. The van der Waals surface area contributed by atoms with Gasteiger partial charge in [0.1, 0.15) is 12.2 Å². The van der Waals surface area contributed by atoms with Crippen LogP contribution in [0.25, 0.3) is 0 Å². The highest BCUT2D eigenvalue weighted by Gasteiger charge is 2.56. The third kappa shape index (κ3) is 4.90. The summed E-state index contributed by atoms with van der Waals surface area (Å²) in [5, 5.41) is 20.3. The second-order valence-corrected chi connectivity index (χ2v) is 5.28. The minimum atomic E-state index is -1.74. The molecule has 10 heteroatoms. The zero-order valence-electron chi connectivity index (χ0n) is 13.6. The van der Waals surface area contributed by atoms with E-state index in [0.29, 0.717) is 0 Å². The molecule has 0 saturated heterocycles. The summed E-state index contributed by atoms with van der Waals surface area (Å²) in [5.41, 5.74) is 0. The van der Waals surface area contributed by atoms with Gasteiger partial charge in [0.05, 0.1) is 0 Å². The molecule has 24 heavy (non-hydrogen) atoms. The smallest absolute Gasteiger partial charge is 0.303 e. The molecule has 0 aromatic rings. The van der Waals surface area contributed by atoms with Crippen LogP contribution in [-0.4, -0.2) is 70.7 Å². The molecular formula is C14H20O10. The van der Waals surface area contributed by atoms with Crippen molar-refractivity contribution >= 4 is 23.9 Å². The first-order valence-corrected chi connectivity index (χ1v) is 7.09. The number of esters is 4. The van der Waals surface area contributed by atoms with Crippen LogP contribution in [0.3, 0.4) is 0 Å². The van der Waals surface area contributed by atoms with Crippen molar-refractivity contribution in [3.63, 3.8) is 0 Å². The fourth-order valence-electron chi connectivity index (χ4n) is 2.46. The van der Waals surface area contributed by atoms with E-state index >= 15 is 0 Å². The van der Waals surface area contributed by atoms with E-state index in [9.17, 15) is 29.4 Å². The van der Waals surface area contributed by atoms with E-state index in [2.05, 4.69) is 0 Å². The lowest BCUT2D eigenvalue weighted by Gasteiger charge is -2.44. The Morgan fingerprint density at radius 1 is 0.542 bits per heavy atom. The molecule has 6 atom stereocenters. The quantitative estimate of drug-likeness (QED) is 0.452. The fraction of sp³-hybridized carbons (Fsp3) is 0.714. The topological polar surface area (TPSA) is 146 Å². The Bertz CT molecular complexity index is 470. The van der Waals surface area contributed by atoms with Gasteiger partial charge in [-0.05, 0) is 0 Å². The van der Waals surface area contributed by atoms with Gasteiger partial charge in [0.15, 0.2) is 24.4 Å². The second kappa shape index (κ2) is 8.06. The maximum atomic E-state index is 11.3. The molecule has 0 amide bonds. The Morgan fingerprint density at radius 2 is 0.750 bits per heavy atom. The van der Waals surface area contributed by atoms with Gasteiger partial charge in [-0.25, -0.2) is 0 Å². The molecule has 10 nitrogen and oxygen atoms in total. The summed E-state index contributed by atoms with van der Waals surface area (Å²) in [4.78, 5) is 45.1. The predicted molar refractivity (Wildman–Crippen MR) is 74.2 cm³/mol. The highest BCUT2D eigenvalue weighted by molar-refractivity contribution is 5.69. The van der Waals surface area contributed by atoms with Crippen molar-refractivity contribution in [1.82, 2.24) is 0 Å². The Labute approximate surface area is 137 Å². The zero-order chi connectivity index (χ0) is 18.6. The Balaban J connectivity index is 3.28. The van der Waals surface area contributed by atoms with Crippen molar-refractivity contribution in [2.24, 2.45) is 0 Å². The van der Waals surface area contributed by atoms with E-state index in [4.69, 9.17) is 18.9 Å². The van der Waals surface area contributed by atoms with Crippen molar-refractivity contribution in [3.05, 3.63) is 0 Å². The molecule has 0 spiro atoms. The molecule has 0 unspecified atom stereocenters. The van der Waals surface area contributed by atoms with Crippen LogP contribution < -0.4 is 0 Å². The number of carbonyl (C=O) groups is 4. The van der Waals surface area contributed by atoms with Gasteiger partial charge in [0, 0.05) is 27.7 Å². The summed E-state index contributed by atoms with van der Waals surface area (Å²) in [6.45, 7) is 4.19. The maximum Gasteiger partial charge on any atom is 0.303 e. The lowest BCUT2D eigenvalue weighted by Crippen LogP contribution is -2.67. The number of hydrogen-bond donors (Lipinski definition) is 2. The van der Waals surface area contributed by atoms with Crippen LogP contribution in [0.2, 0.25) is 0 Å². The molecule has 1 aliphatic carbocycles. The fourth-order valence-corrected chi connectivity index (χ4v) is 2.46. The Hall–Kier alpha value is -2.20. The average Bonchev–Trinajstić information content (AvgIpc) is 2.42. The molecule has 0 aromatic heterocycles. The standard InChI is InChI=1S/C14H20O10/c1-5(15)21-11-9(19)10(20)12(22-6(2)16)14(24-8(4)18)13(11)23-7(3)17/h9-14,19-20H,1-4H3/t9-,10-,11-,12+,13-,14+/m0/s1. The predicted octanol–water partition coefficient (Wildman–Crippen LogP) is -1.55. The molecule has 1 aliphatic rings. The molecule has 1 rings (SSSR count). The molecule has 0 radical (unpaired) electrons. The van der Waals surface area contributed by atoms with Gasteiger partial charge in [-0.3, -0.25) is 19.2 Å². The average molecular weight is 348 g/mol. The molecule has 0 aromatic carbocycles. The first-order chi connectivity index (χ1) is 11.0. The summed E-state index contributed by atoms with van der Waals surface area (Å²) in [5.74, 6) is -3.29. The van der Waals surface area contributed by atoms with Crippen molar-refractivity contribution < 1.29 is 48.3 Å². The summed E-state index contributed by atoms with van der Waals surface area (Å²) in [7, 11) is 0. The third-order valence-electron chi connectivity index (χ3n) is 3.20. The number of aliphatic hydroxyl groups excluding tert-OH is 2. The number of carbonyl (C=O) groups excluding carboxylic acids is 4. The van der Waals surface area contributed by atoms with Gasteiger partial charge < -0.3 is 29.2 Å². The van der Waals surface area contributed by atoms with Crippen molar-refractivity contribution in [3.8, 4) is 0 Å². The van der Waals surface area contributed by atoms with Gasteiger partial charge in [-0.2, -0.15) is 0 Å². The lowest BCUT2D eigenvalue weighted by molar-refractivity contribution is -0.251. The van der Waals surface area contributed by atoms with Gasteiger partial charge in [-0.1, -0.05) is 0 Å². The summed E-state index contributed by atoms with van der Waals surface area (Å²) >= 11 is 0. The zero-order valence-corrected chi connectivity index (χ0v) is 13.6. The van der Waals surface area contributed by atoms with Gasteiger partial charge in [-0.15, -0.1) is 0 Å². The van der Waals surface area contributed by atoms with E-state index < -0.39 is 60.5 Å². The Kier molecular flexibility index (Phi) is 6.67. The monoisotopic (exact) mass is 348 g/mol. The molecular weight excluding hydrogens is 328 g/mol. The van der Waals surface area contributed by atoms with Crippen LogP contribution in [0.1, 0.15) is 27.7 Å². The molecule has 0 heterocycles. The van der Waals surface area contributed by atoms with Crippen molar-refractivity contribution in [2.45, 2.75) is 64.3 Å². The van der Waals surface area contributed by atoms with E-state index in [1.54, 1.807) is 0 Å². The first-order valence-electron chi connectivity index (χ1n) is 7.09. The largest absolute Gasteiger partial charge is 0.456 e. The van der Waals surface area contributed by atoms with Crippen LogP contribution in [-0.2, 0) is 38.1 Å². The van der Waals surface area contributed by atoms with Crippen LogP contribution in [0, 0.1) is 0 Å². The highest BCUT2D eigenvalue weighted by Crippen LogP contribution is 2.30. The van der Waals surface area contributed by atoms with Gasteiger partial charge in [0.25, 0.3) is 0 Å². The first kappa shape index (κ1) is 19.8. The number of hydrogen-bond acceptors (Lipinski definition) is 10. The maximum absolute atomic E-state index is 11.3. The van der Waals surface area contributed by atoms with Gasteiger partial charge >= 0.3 is 23.9 Å². The van der Waals surface area contributed by atoms with Crippen LogP contribution >= 0.6 is 0 Å². The number of rotatable bonds is 4. The summed E-state index contributed by atoms with van der Waals surface area (Å²) in [6.07, 6.45) is -9.46. The van der Waals surface area contributed by atoms with Gasteiger partial charge in [0.2, 0.25) is 0 Å². The summed E-state index contributed by atoms with van der Waals surface area (Å²) in [6, 6.07) is 0. The molecule has 1 saturated carbocycles. The van der Waals surface area contributed by atoms with Crippen molar-refractivity contribution in [2.75, 3.05) is 0 Å². The van der Waals surface area contributed by atoms with E-state index in [1.807, 2.05) is 0 Å². The molecule has 136 valence electrons. The molecule has 2 N–H and O–H groups in total. The normalized spacial score (nSPS) is 32.4. The number of aliphatic hydroxyl groups is 2. The minimum absolute atomic E-state index is 0.820. The third-order valence-corrected chi connectivity index (χ3v) is 3.20. The lowest BCUT2D eigenvalue weighted by atomic mass is 9.84. The second-order valence-electron chi connectivity index (χ2n) is 5.28. The molecule has 0 aliphatic heterocycles. The summed E-state index contributed by atoms with van der Waals surface area (Å²) < 4.78 is 19.8. The van der Waals surface area contributed by atoms with Crippen molar-refractivity contribution in [1.29, 1.82) is 0 Å². The molecule has 1 fully saturated rings. The van der Waals surface area contributed by atoms with E-state index in [0.717, 1.165) is 27.7 Å². The SMILES string of the molecule is CC(=O)O[C@@H]1[C@H](OC(C)=O)[C@H](OC(C)=O)[C@@H](O)[C@H](O)[C@@H]1OC(C)=O. The Morgan fingerprint density at radius 3 is 0.958 bits per heavy atom. The number of ether oxygens (including phenoxy) is 4. The van der Waals surface area contributed by atoms with E-state index in [-0.39, 0.29) is 0 Å². The van der Waals surface area contributed by atoms with Crippen LogP contribution in [0.15, 0.2) is 0 Å². The minimum Gasteiger partial charge on any atom is -0.456 e. The highest BCUT2D eigenvalue weighted by atomic mass is 16.6. The van der Waals surface area contributed by atoms with Crippen LogP contribution in [0.5, 0.6) is 0 Å².